The quantitative estimate of drug-likeness (QED) is 0.591. The maximum Gasteiger partial charge on any atom is 0.291 e. The molecule has 0 bridgehead atoms. The lowest BCUT2D eigenvalue weighted by molar-refractivity contribution is -0.135. The first-order valence-corrected chi connectivity index (χ1v) is 12.1. The third-order valence-corrected chi connectivity index (χ3v) is 7.13. The van der Waals surface area contributed by atoms with Crippen molar-refractivity contribution in [1.82, 2.24) is 29.7 Å². The van der Waals surface area contributed by atoms with Gasteiger partial charge in [-0.1, -0.05) is 26.0 Å². The van der Waals surface area contributed by atoms with Crippen LogP contribution in [0.3, 0.4) is 0 Å². The fourth-order valence-corrected chi connectivity index (χ4v) is 5.32. The molecule has 0 unspecified atom stereocenters. The van der Waals surface area contributed by atoms with Gasteiger partial charge in [-0.2, -0.15) is 14.8 Å². The minimum Gasteiger partial charge on any atom is -0.387 e. The van der Waals surface area contributed by atoms with E-state index in [9.17, 15) is 9.18 Å². The number of benzene rings is 1. The van der Waals surface area contributed by atoms with Crippen molar-refractivity contribution in [3.63, 3.8) is 0 Å². The van der Waals surface area contributed by atoms with E-state index < -0.39 is 6.61 Å². The molecule has 9 nitrogen and oxygen atoms in total. The Morgan fingerprint density at radius 3 is 2.76 bits per heavy atom. The van der Waals surface area contributed by atoms with Crippen LogP contribution in [0.2, 0.25) is 0 Å². The molecule has 2 aromatic heterocycles. The number of nitrogens with zero attached hydrogens (tertiary/aromatic N) is 6. The predicted octanol–water partition coefficient (Wildman–Crippen LogP) is 2.52. The summed E-state index contributed by atoms with van der Waals surface area (Å²) in [6, 6.07) is 5.44. The van der Waals surface area contributed by atoms with Crippen LogP contribution in [0.25, 0.3) is 16.9 Å². The molecular formula is C24H31FN6O3. The minimum absolute atomic E-state index is 0.134. The summed E-state index contributed by atoms with van der Waals surface area (Å²) in [7, 11) is 0. The highest BCUT2D eigenvalue weighted by Crippen LogP contribution is 2.29. The summed E-state index contributed by atoms with van der Waals surface area (Å²) in [5, 5.41) is 18.5. The SMILES string of the molecule is CC(C)c1nn(-c2noc(C[C@H]3CCN(C4CCN(C(=O)CO)CC4)C3)n2)c2c(F)cccc12. The van der Waals surface area contributed by atoms with Gasteiger partial charge in [0.15, 0.2) is 0 Å². The highest BCUT2D eigenvalue weighted by Gasteiger charge is 2.32. The number of rotatable bonds is 6. The topological polar surface area (TPSA) is 101 Å². The molecule has 2 saturated heterocycles. The summed E-state index contributed by atoms with van der Waals surface area (Å²) in [5.41, 5.74) is 1.18. The molecule has 10 heteroatoms. The number of piperidine rings is 1. The second-order valence-corrected chi connectivity index (χ2v) is 9.70. The van der Waals surface area contributed by atoms with E-state index in [1.165, 1.54) is 10.7 Å². The number of aliphatic hydroxyl groups excluding tert-OH is 1. The van der Waals surface area contributed by atoms with Gasteiger partial charge < -0.3 is 14.5 Å². The molecule has 182 valence electrons. The van der Waals surface area contributed by atoms with E-state index in [0.717, 1.165) is 43.4 Å². The maximum atomic E-state index is 14.7. The summed E-state index contributed by atoms with van der Waals surface area (Å²) in [6.07, 6.45) is 3.58. The number of halogens is 1. The number of aromatic nitrogens is 4. The first kappa shape index (κ1) is 22.9. The molecule has 0 aliphatic carbocycles. The molecule has 34 heavy (non-hydrogen) atoms. The molecule has 2 fully saturated rings. The van der Waals surface area contributed by atoms with E-state index in [1.54, 1.807) is 11.0 Å². The van der Waals surface area contributed by atoms with Crippen LogP contribution < -0.4 is 0 Å². The molecule has 2 aliphatic heterocycles. The maximum absolute atomic E-state index is 14.7. The average Bonchev–Trinajstić information content (AvgIpc) is 3.58. The first-order valence-electron chi connectivity index (χ1n) is 12.1. The van der Waals surface area contributed by atoms with Gasteiger partial charge in [-0.3, -0.25) is 9.69 Å². The van der Waals surface area contributed by atoms with Crippen LogP contribution >= 0.6 is 0 Å². The van der Waals surface area contributed by atoms with Gasteiger partial charge in [0.2, 0.25) is 11.8 Å². The van der Waals surface area contributed by atoms with E-state index in [-0.39, 0.29) is 23.6 Å². The Kier molecular flexibility index (Phi) is 6.35. The summed E-state index contributed by atoms with van der Waals surface area (Å²) < 4.78 is 21.7. The molecule has 4 heterocycles. The summed E-state index contributed by atoms with van der Waals surface area (Å²) in [6.45, 7) is 7.00. The monoisotopic (exact) mass is 470 g/mol. The van der Waals surface area contributed by atoms with Crippen molar-refractivity contribution in [2.75, 3.05) is 32.8 Å². The van der Waals surface area contributed by atoms with Crippen molar-refractivity contribution in [3.8, 4) is 5.95 Å². The Morgan fingerprint density at radius 1 is 1.24 bits per heavy atom. The zero-order chi connectivity index (χ0) is 23.8. The number of likely N-dealkylation sites (tertiary alicyclic amines) is 2. The molecule has 0 saturated carbocycles. The predicted molar refractivity (Wildman–Crippen MR) is 123 cm³/mol. The largest absolute Gasteiger partial charge is 0.387 e. The number of aliphatic hydroxyl groups is 1. The second kappa shape index (κ2) is 9.42. The molecule has 0 radical (unpaired) electrons. The van der Waals surface area contributed by atoms with Crippen molar-refractivity contribution >= 4 is 16.8 Å². The van der Waals surface area contributed by atoms with E-state index in [2.05, 4.69) is 20.1 Å². The van der Waals surface area contributed by atoms with Gasteiger partial charge in [0, 0.05) is 37.5 Å². The van der Waals surface area contributed by atoms with Crippen LogP contribution in [0.1, 0.15) is 50.6 Å². The zero-order valence-corrected chi connectivity index (χ0v) is 19.7. The molecule has 1 aromatic carbocycles. The van der Waals surface area contributed by atoms with Crippen LogP contribution in [-0.4, -0.2) is 79.6 Å². The molecule has 5 rings (SSSR count). The number of para-hydroxylation sites is 1. The summed E-state index contributed by atoms with van der Waals surface area (Å²) in [4.78, 5) is 20.5. The molecule has 1 N–H and O–H groups in total. The van der Waals surface area contributed by atoms with Gasteiger partial charge in [-0.15, -0.1) is 0 Å². The van der Waals surface area contributed by atoms with Gasteiger partial charge in [-0.25, -0.2) is 4.39 Å². The third-order valence-electron chi connectivity index (χ3n) is 7.13. The van der Waals surface area contributed by atoms with Crippen molar-refractivity contribution < 1.29 is 18.8 Å². The smallest absolute Gasteiger partial charge is 0.291 e. The van der Waals surface area contributed by atoms with Crippen LogP contribution in [0.5, 0.6) is 0 Å². The Bertz CT molecular complexity index is 1170. The van der Waals surface area contributed by atoms with Gasteiger partial charge in [0.1, 0.15) is 17.9 Å². The summed E-state index contributed by atoms with van der Waals surface area (Å²) in [5.74, 6) is 0.790. The fourth-order valence-electron chi connectivity index (χ4n) is 5.32. The van der Waals surface area contributed by atoms with Gasteiger partial charge >= 0.3 is 0 Å². The number of carbonyl (C=O) groups is 1. The van der Waals surface area contributed by atoms with Crippen LogP contribution in [0, 0.1) is 11.7 Å². The van der Waals surface area contributed by atoms with Gasteiger partial charge in [0.25, 0.3) is 5.95 Å². The molecule has 1 amide bonds. The highest BCUT2D eigenvalue weighted by atomic mass is 19.1. The van der Waals surface area contributed by atoms with Crippen LogP contribution in [0.15, 0.2) is 22.7 Å². The number of hydrogen-bond donors (Lipinski definition) is 1. The lowest BCUT2D eigenvalue weighted by Gasteiger charge is -2.36. The highest BCUT2D eigenvalue weighted by molar-refractivity contribution is 5.84. The van der Waals surface area contributed by atoms with Crippen molar-refractivity contribution in [2.45, 2.75) is 51.5 Å². The number of carbonyl (C=O) groups excluding carboxylic acids is 1. The van der Waals surface area contributed by atoms with E-state index in [0.29, 0.717) is 42.9 Å². The van der Waals surface area contributed by atoms with Gasteiger partial charge in [0.05, 0.1) is 5.69 Å². The van der Waals surface area contributed by atoms with Crippen molar-refractivity contribution in [1.29, 1.82) is 0 Å². The van der Waals surface area contributed by atoms with E-state index in [4.69, 9.17) is 9.63 Å². The summed E-state index contributed by atoms with van der Waals surface area (Å²) >= 11 is 0. The Hall–Kier alpha value is -2.85. The van der Waals surface area contributed by atoms with E-state index in [1.807, 2.05) is 19.9 Å². The molecular weight excluding hydrogens is 439 g/mol. The van der Waals surface area contributed by atoms with Gasteiger partial charge in [-0.05, 0) is 48.9 Å². The van der Waals surface area contributed by atoms with Crippen molar-refractivity contribution in [3.05, 3.63) is 35.6 Å². The number of amides is 1. The zero-order valence-electron chi connectivity index (χ0n) is 19.7. The average molecular weight is 471 g/mol. The van der Waals surface area contributed by atoms with E-state index >= 15 is 0 Å². The van der Waals surface area contributed by atoms with Crippen LogP contribution in [0.4, 0.5) is 4.39 Å². The lowest BCUT2D eigenvalue weighted by atomic mass is 10.0. The molecule has 1 atom stereocenters. The normalized spacial score (nSPS) is 20.1. The fraction of sp³-hybridized carbons (Fsp3) is 0.583. The number of hydrogen-bond acceptors (Lipinski definition) is 7. The number of fused-ring (bicyclic) bond motifs is 1. The Labute approximate surface area is 197 Å². The Morgan fingerprint density at radius 2 is 2.03 bits per heavy atom. The van der Waals surface area contributed by atoms with Crippen LogP contribution in [-0.2, 0) is 11.2 Å². The lowest BCUT2D eigenvalue weighted by Crippen LogP contribution is -2.46. The third kappa shape index (κ3) is 4.32. The standard InChI is InChI=1S/C24H31FN6O3/c1-15(2)22-18-4-3-5-19(25)23(18)31(27-22)24-26-20(34-28-24)12-16-6-9-30(13-16)17-7-10-29(11-8-17)21(33)14-32/h3-5,15-17,32H,6-14H2,1-2H3/t16-/m1/s1. The minimum atomic E-state index is -0.414. The van der Waals surface area contributed by atoms with Crippen molar-refractivity contribution in [2.24, 2.45) is 5.92 Å². The molecule has 3 aromatic rings. The second-order valence-electron chi connectivity index (χ2n) is 9.70. The Balaban J connectivity index is 1.25. The molecule has 2 aliphatic rings. The molecule has 0 spiro atoms. The first-order chi connectivity index (χ1) is 16.4.